The number of amides is 2. The normalized spacial score (nSPS) is 27.6. The van der Waals surface area contributed by atoms with E-state index >= 15 is 0 Å². The first kappa shape index (κ1) is 17.2. The van der Waals surface area contributed by atoms with Gasteiger partial charge in [0.1, 0.15) is 6.54 Å². The van der Waals surface area contributed by atoms with Crippen LogP contribution >= 0.6 is 0 Å². The third-order valence-corrected chi connectivity index (χ3v) is 5.42. The van der Waals surface area contributed by atoms with Crippen LogP contribution in [0.15, 0.2) is 5.10 Å². The van der Waals surface area contributed by atoms with E-state index in [0.29, 0.717) is 36.8 Å². The van der Waals surface area contributed by atoms with E-state index in [1.807, 2.05) is 16.8 Å². The molecule has 2 saturated heterocycles. The number of hydrazone groups is 1. The highest BCUT2D eigenvalue weighted by Gasteiger charge is 2.40. The predicted molar refractivity (Wildman–Crippen MR) is 93.6 cm³/mol. The molecular formula is C18H30N4O2. The van der Waals surface area contributed by atoms with E-state index in [0.717, 1.165) is 51.2 Å². The summed E-state index contributed by atoms with van der Waals surface area (Å²) in [5, 5.41) is 6.30. The minimum Gasteiger partial charge on any atom is -0.341 e. The van der Waals surface area contributed by atoms with Crippen molar-refractivity contribution in [3.63, 3.8) is 0 Å². The van der Waals surface area contributed by atoms with E-state index in [-0.39, 0.29) is 5.91 Å². The molecule has 6 nitrogen and oxygen atoms in total. The molecule has 2 amide bonds. The van der Waals surface area contributed by atoms with Gasteiger partial charge in [-0.25, -0.2) is 0 Å². The van der Waals surface area contributed by atoms with E-state index in [1.54, 1.807) is 0 Å². The molecule has 134 valence electrons. The van der Waals surface area contributed by atoms with Gasteiger partial charge in [-0.2, -0.15) is 5.10 Å². The highest BCUT2D eigenvalue weighted by Crippen LogP contribution is 2.32. The number of fused-ring (bicyclic) bond motifs is 1. The fourth-order valence-corrected chi connectivity index (χ4v) is 4.21. The fourth-order valence-electron chi connectivity index (χ4n) is 4.21. The van der Waals surface area contributed by atoms with Gasteiger partial charge in [0.05, 0.1) is 0 Å². The summed E-state index contributed by atoms with van der Waals surface area (Å²) in [5.74, 6) is 1.40. The van der Waals surface area contributed by atoms with E-state index in [4.69, 9.17) is 0 Å². The van der Waals surface area contributed by atoms with Crippen LogP contribution in [0.1, 0.15) is 46.5 Å². The summed E-state index contributed by atoms with van der Waals surface area (Å²) in [6.07, 6.45) is 3.43. The largest absolute Gasteiger partial charge is 0.341 e. The number of nitrogens with zero attached hydrogens (tertiary/aromatic N) is 4. The van der Waals surface area contributed by atoms with Gasteiger partial charge < -0.3 is 9.80 Å². The van der Waals surface area contributed by atoms with Crippen LogP contribution in [0, 0.1) is 11.8 Å². The van der Waals surface area contributed by atoms with Gasteiger partial charge in [0.25, 0.3) is 0 Å². The van der Waals surface area contributed by atoms with Crippen molar-refractivity contribution in [1.29, 1.82) is 0 Å². The molecule has 3 rings (SSSR count). The van der Waals surface area contributed by atoms with E-state index in [9.17, 15) is 9.59 Å². The molecule has 0 aromatic rings. The second-order valence-electron chi connectivity index (χ2n) is 7.91. The smallest absolute Gasteiger partial charge is 0.243 e. The molecule has 0 radical (unpaired) electrons. The minimum absolute atomic E-state index is 0.180. The number of piperidine rings is 2. The molecule has 0 aromatic heterocycles. The molecule has 3 heterocycles. The average Bonchev–Trinajstić information content (AvgIpc) is 2.94. The summed E-state index contributed by atoms with van der Waals surface area (Å²) in [4.78, 5) is 29.0. The van der Waals surface area contributed by atoms with Crippen LogP contribution in [-0.4, -0.2) is 71.1 Å². The molecule has 0 aliphatic carbocycles. The Hall–Kier alpha value is -1.59. The van der Waals surface area contributed by atoms with Crippen molar-refractivity contribution in [3.05, 3.63) is 0 Å². The highest BCUT2D eigenvalue weighted by molar-refractivity contribution is 5.84. The number of hydrogen-bond donors (Lipinski definition) is 0. The maximum Gasteiger partial charge on any atom is 0.243 e. The molecule has 3 aliphatic heterocycles. The summed E-state index contributed by atoms with van der Waals surface area (Å²) in [6.45, 7) is 9.98. The summed E-state index contributed by atoms with van der Waals surface area (Å²) in [6, 6.07) is 0.324. The minimum atomic E-state index is 0.180. The van der Waals surface area contributed by atoms with E-state index < -0.39 is 0 Å². The highest BCUT2D eigenvalue weighted by atomic mass is 16.2. The van der Waals surface area contributed by atoms with E-state index in [1.165, 1.54) is 0 Å². The van der Waals surface area contributed by atoms with Gasteiger partial charge in [-0.05, 0) is 31.6 Å². The maximum atomic E-state index is 12.6. The van der Waals surface area contributed by atoms with Gasteiger partial charge in [0.2, 0.25) is 11.8 Å². The fraction of sp³-hybridized carbons (Fsp3) is 0.833. The Morgan fingerprint density at radius 1 is 1.25 bits per heavy atom. The van der Waals surface area contributed by atoms with Crippen molar-refractivity contribution in [3.8, 4) is 0 Å². The van der Waals surface area contributed by atoms with Crippen LogP contribution in [-0.2, 0) is 9.59 Å². The van der Waals surface area contributed by atoms with Crippen LogP contribution in [0.5, 0.6) is 0 Å². The molecule has 0 spiro atoms. The Morgan fingerprint density at radius 3 is 2.71 bits per heavy atom. The molecular weight excluding hydrogens is 304 g/mol. The lowest BCUT2D eigenvalue weighted by Crippen LogP contribution is -2.58. The Labute approximate surface area is 144 Å². The van der Waals surface area contributed by atoms with Crippen molar-refractivity contribution < 1.29 is 9.59 Å². The third-order valence-electron chi connectivity index (χ3n) is 5.42. The van der Waals surface area contributed by atoms with Gasteiger partial charge >= 0.3 is 0 Å². The zero-order chi connectivity index (χ0) is 17.3. The Kier molecular flexibility index (Phi) is 5.11. The zero-order valence-corrected chi connectivity index (χ0v) is 15.2. The number of rotatable bonds is 4. The summed E-state index contributed by atoms with van der Waals surface area (Å²) in [5.41, 5.74) is 1.11. The van der Waals surface area contributed by atoms with Crippen molar-refractivity contribution in [1.82, 2.24) is 14.8 Å². The van der Waals surface area contributed by atoms with Gasteiger partial charge in [-0.3, -0.25) is 14.6 Å². The first-order chi connectivity index (χ1) is 11.4. The molecule has 2 fully saturated rings. The van der Waals surface area contributed by atoms with Crippen molar-refractivity contribution in [2.75, 3.05) is 32.7 Å². The quantitative estimate of drug-likeness (QED) is 0.784. The van der Waals surface area contributed by atoms with Gasteiger partial charge in [-0.15, -0.1) is 0 Å². The molecule has 0 N–H and O–H groups in total. The molecule has 6 heteroatoms. The molecule has 0 unspecified atom stereocenters. The maximum absolute atomic E-state index is 12.6. The monoisotopic (exact) mass is 334 g/mol. The van der Waals surface area contributed by atoms with Crippen LogP contribution in [0.2, 0.25) is 0 Å². The number of likely N-dealkylation sites (tertiary alicyclic amines) is 2. The number of carbonyl (C=O) groups is 2. The predicted octanol–water partition coefficient (Wildman–Crippen LogP) is 1.56. The lowest BCUT2D eigenvalue weighted by atomic mass is 9.83. The zero-order valence-electron chi connectivity index (χ0n) is 15.2. The standard InChI is InChI=1S/C18H30N4O2/c1-13(2)10-22-16-7-8-20(11-15(16)4-5-17(22)23)18(24)12-21-9-6-14(3)19-21/h13,15-16H,4-12H2,1-3H3/t15-,16+/m0/s1. The topological polar surface area (TPSA) is 56.2 Å². The third kappa shape index (κ3) is 3.73. The summed E-state index contributed by atoms with van der Waals surface area (Å²) < 4.78 is 0. The molecule has 0 saturated carbocycles. The first-order valence-electron chi connectivity index (χ1n) is 9.30. The average molecular weight is 334 g/mol. The lowest BCUT2D eigenvalue weighted by Gasteiger charge is -2.47. The molecule has 2 atom stereocenters. The summed E-state index contributed by atoms with van der Waals surface area (Å²) >= 11 is 0. The molecule has 0 bridgehead atoms. The number of hydrogen-bond acceptors (Lipinski definition) is 4. The van der Waals surface area contributed by atoms with Gasteiger partial charge in [0.15, 0.2) is 0 Å². The Bertz CT molecular complexity index is 531. The van der Waals surface area contributed by atoms with Crippen LogP contribution < -0.4 is 0 Å². The second-order valence-corrected chi connectivity index (χ2v) is 7.91. The first-order valence-corrected chi connectivity index (χ1v) is 9.30. The lowest BCUT2D eigenvalue weighted by molar-refractivity contribution is -0.145. The number of carbonyl (C=O) groups excluding carboxylic acids is 2. The van der Waals surface area contributed by atoms with Gasteiger partial charge in [-0.1, -0.05) is 13.8 Å². The van der Waals surface area contributed by atoms with Crippen LogP contribution in [0.3, 0.4) is 0 Å². The second kappa shape index (κ2) is 7.11. The molecule has 0 aromatic carbocycles. The van der Waals surface area contributed by atoms with Crippen molar-refractivity contribution >= 4 is 17.5 Å². The van der Waals surface area contributed by atoms with Crippen molar-refractivity contribution in [2.24, 2.45) is 16.9 Å². The Balaban J connectivity index is 1.58. The molecule has 3 aliphatic rings. The van der Waals surface area contributed by atoms with Gasteiger partial charge in [0, 0.05) is 50.8 Å². The Morgan fingerprint density at radius 2 is 2.04 bits per heavy atom. The van der Waals surface area contributed by atoms with Crippen LogP contribution in [0.25, 0.3) is 0 Å². The SMILES string of the molecule is CC1=NN(CC(=O)N2CC[C@@H]3[C@@H](CCC(=O)N3CC(C)C)C2)CC1. The van der Waals surface area contributed by atoms with E-state index in [2.05, 4.69) is 23.8 Å². The summed E-state index contributed by atoms with van der Waals surface area (Å²) in [7, 11) is 0. The molecule has 24 heavy (non-hydrogen) atoms. The van der Waals surface area contributed by atoms with Crippen LogP contribution in [0.4, 0.5) is 0 Å². The van der Waals surface area contributed by atoms with Crippen molar-refractivity contribution in [2.45, 2.75) is 52.5 Å².